The summed E-state index contributed by atoms with van der Waals surface area (Å²) in [7, 11) is 1.71. The molecule has 0 aromatic heterocycles. The molecule has 1 heteroatoms. The predicted molar refractivity (Wildman–Crippen MR) is 45.0 cm³/mol. The Labute approximate surface area is 63.4 Å². The van der Waals surface area contributed by atoms with Gasteiger partial charge in [-0.25, -0.2) is 0 Å². The van der Waals surface area contributed by atoms with E-state index in [0.29, 0.717) is 5.92 Å². The Morgan fingerprint density at radius 2 is 2.10 bits per heavy atom. The molecule has 0 aliphatic carbocycles. The van der Waals surface area contributed by atoms with Gasteiger partial charge in [-0.3, -0.25) is 0 Å². The second-order valence-corrected chi connectivity index (χ2v) is 2.32. The molecule has 0 radical (unpaired) electrons. The number of methoxy groups -OCH3 is 1. The van der Waals surface area contributed by atoms with Crippen LogP contribution in [0, 0.1) is 5.92 Å². The van der Waals surface area contributed by atoms with Gasteiger partial charge in [0.25, 0.3) is 0 Å². The Balaban J connectivity index is 3.91. The van der Waals surface area contributed by atoms with Gasteiger partial charge in [0.05, 0.1) is 6.10 Å². The maximum Gasteiger partial charge on any atom is 0.0811 e. The van der Waals surface area contributed by atoms with E-state index in [1.54, 1.807) is 7.11 Å². The Morgan fingerprint density at radius 1 is 1.50 bits per heavy atom. The summed E-state index contributed by atoms with van der Waals surface area (Å²) in [5.41, 5.74) is 0. The van der Waals surface area contributed by atoms with E-state index in [0.717, 1.165) is 0 Å². The third-order valence-electron chi connectivity index (χ3n) is 1.54. The van der Waals surface area contributed by atoms with E-state index in [4.69, 9.17) is 4.74 Å². The number of hydrogen-bond donors (Lipinski definition) is 0. The molecule has 0 spiro atoms. The average Bonchev–Trinajstić information content (AvgIpc) is 1.99. The zero-order chi connectivity index (χ0) is 7.98. The second kappa shape index (κ2) is 5.24. The Hall–Kier alpha value is -0.560. The van der Waals surface area contributed by atoms with E-state index in [9.17, 15) is 0 Å². The van der Waals surface area contributed by atoms with Gasteiger partial charge < -0.3 is 4.74 Å². The molecule has 0 amide bonds. The van der Waals surface area contributed by atoms with Crippen LogP contribution in [0.3, 0.4) is 0 Å². The molecule has 2 unspecified atom stereocenters. The van der Waals surface area contributed by atoms with Crippen molar-refractivity contribution in [1.82, 2.24) is 0 Å². The first-order chi connectivity index (χ1) is 4.76. The molecule has 0 saturated heterocycles. The number of hydrogen-bond acceptors (Lipinski definition) is 1. The summed E-state index contributed by atoms with van der Waals surface area (Å²) in [5, 5.41) is 0. The molecule has 58 valence electrons. The zero-order valence-corrected chi connectivity index (χ0v) is 7.00. The lowest BCUT2D eigenvalue weighted by atomic mass is 10.1. The summed E-state index contributed by atoms with van der Waals surface area (Å²) in [6.45, 7) is 7.77. The zero-order valence-electron chi connectivity index (χ0n) is 7.00. The highest BCUT2D eigenvalue weighted by atomic mass is 16.5. The Morgan fingerprint density at radius 3 is 2.40 bits per heavy atom. The minimum Gasteiger partial charge on any atom is -0.377 e. The molecule has 0 aliphatic rings. The average molecular weight is 140 g/mol. The monoisotopic (exact) mass is 140 g/mol. The van der Waals surface area contributed by atoms with E-state index < -0.39 is 0 Å². The summed E-state index contributed by atoms with van der Waals surface area (Å²) >= 11 is 0. The number of allylic oxidation sites excluding steroid dienone is 1. The van der Waals surface area contributed by atoms with Gasteiger partial charge in [-0.1, -0.05) is 25.2 Å². The van der Waals surface area contributed by atoms with Gasteiger partial charge in [0.15, 0.2) is 0 Å². The summed E-state index contributed by atoms with van der Waals surface area (Å²) in [6.07, 6.45) is 6.11. The van der Waals surface area contributed by atoms with Gasteiger partial charge in [0.2, 0.25) is 0 Å². The summed E-state index contributed by atoms with van der Waals surface area (Å²) in [5.74, 6) is 0.390. The molecule has 10 heavy (non-hydrogen) atoms. The van der Waals surface area contributed by atoms with Crippen molar-refractivity contribution >= 4 is 0 Å². The van der Waals surface area contributed by atoms with Crippen LogP contribution in [-0.4, -0.2) is 13.2 Å². The Kier molecular flexibility index (Phi) is 4.95. The molecule has 0 saturated carbocycles. The van der Waals surface area contributed by atoms with Crippen molar-refractivity contribution in [2.75, 3.05) is 7.11 Å². The van der Waals surface area contributed by atoms with Gasteiger partial charge in [-0.05, 0) is 6.92 Å². The molecule has 0 rings (SSSR count). The molecular weight excluding hydrogens is 124 g/mol. The fourth-order valence-corrected chi connectivity index (χ4v) is 0.792. The van der Waals surface area contributed by atoms with Gasteiger partial charge >= 0.3 is 0 Å². The number of ether oxygens (including phenoxy) is 1. The third-order valence-corrected chi connectivity index (χ3v) is 1.54. The topological polar surface area (TPSA) is 9.23 Å². The van der Waals surface area contributed by atoms with Crippen molar-refractivity contribution in [2.24, 2.45) is 5.92 Å². The van der Waals surface area contributed by atoms with Crippen LogP contribution in [0.25, 0.3) is 0 Å². The van der Waals surface area contributed by atoms with E-state index in [2.05, 4.69) is 13.5 Å². The fraction of sp³-hybridized carbons (Fsp3) is 0.556. The van der Waals surface area contributed by atoms with Crippen LogP contribution in [0.4, 0.5) is 0 Å². The molecule has 0 heterocycles. The van der Waals surface area contributed by atoms with Gasteiger partial charge in [-0.2, -0.15) is 0 Å². The summed E-state index contributed by atoms with van der Waals surface area (Å²) in [4.78, 5) is 0. The van der Waals surface area contributed by atoms with Crippen LogP contribution in [-0.2, 0) is 4.74 Å². The van der Waals surface area contributed by atoms with E-state index in [1.807, 2.05) is 25.2 Å². The van der Waals surface area contributed by atoms with E-state index in [1.165, 1.54) is 0 Å². The lowest BCUT2D eigenvalue weighted by molar-refractivity contribution is 0.113. The molecule has 1 nitrogen and oxygen atoms in total. The van der Waals surface area contributed by atoms with Gasteiger partial charge in [-0.15, -0.1) is 6.58 Å². The summed E-state index contributed by atoms with van der Waals surface area (Å²) < 4.78 is 5.19. The lowest BCUT2D eigenvalue weighted by Gasteiger charge is -2.14. The van der Waals surface area contributed by atoms with Crippen molar-refractivity contribution in [1.29, 1.82) is 0 Å². The van der Waals surface area contributed by atoms with Crippen LogP contribution in [0.1, 0.15) is 13.8 Å². The standard InChI is InChI=1S/C9H16O/c1-5-7-9(10-4)8(3)6-2/h5-9H,2H2,1,3-4H3/b7-5-. The Bertz CT molecular complexity index is 116. The normalized spacial score (nSPS) is 17.1. The molecular formula is C9H16O. The largest absolute Gasteiger partial charge is 0.377 e. The van der Waals surface area contributed by atoms with E-state index in [-0.39, 0.29) is 6.10 Å². The lowest BCUT2D eigenvalue weighted by Crippen LogP contribution is -2.15. The molecule has 0 bridgehead atoms. The molecule has 0 aromatic carbocycles. The first kappa shape index (κ1) is 9.44. The first-order valence-corrected chi connectivity index (χ1v) is 3.54. The molecule has 0 aromatic rings. The van der Waals surface area contributed by atoms with E-state index >= 15 is 0 Å². The van der Waals surface area contributed by atoms with Crippen LogP contribution >= 0.6 is 0 Å². The van der Waals surface area contributed by atoms with Crippen LogP contribution in [0.15, 0.2) is 24.8 Å². The quantitative estimate of drug-likeness (QED) is 0.545. The highest BCUT2D eigenvalue weighted by molar-refractivity contribution is 4.95. The van der Waals surface area contributed by atoms with Crippen LogP contribution in [0.5, 0.6) is 0 Å². The van der Waals surface area contributed by atoms with Crippen LogP contribution < -0.4 is 0 Å². The molecule has 0 N–H and O–H groups in total. The van der Waals surface area contributed by atoms with Crippen molar-refractivity contribution < 1.29 is 4.74 Å². The van der Waals surface area contributed by atoms with Crippen molar-refractivity contribution in [2.45, 2.75) is 20.0 Å². The maximum absolute atomic E-state index is 5.19. The predicted octanol–water partition coefficient (Wildman–Crippen LogP) is 2.40. The van der Waals surface area contributed by atoms with Gasteiger partial charge in [0.1, 0.15) is 0 Å². The van der Waals surface area contributed by atoms with Crippen LogP contribution in [0.2, 0.25) is 0 Å². The second-order valence-electron chi connectivity index (χ2n) is 2.32. The molecule has 2 atom stereocenters. The molecule has 0 aliphatic heterocycles. The SMILES string of the molecule is C=CC(C)C(/C=C\C)OC. The van der Waals surface area contributed by atoms with Crippen molar-refractivity contribution in [3.05, 3.63) is 24.8 Å². The van der Waals surface area contributed by atoms with Gasteiger partial charge in [0, 0.05) is 13.0 Å². The highest BCUT2D eigenvalue weighted by Gasteiger charge is 2.07. The minimum absolute atomic E-state index is 0.183. The number of rotatable bonds is 4. The fourth-order valence-electron chi connectivity index (χ4n) is 0.792. The minimum atomic E-state index is 0.183. The summed E-state index contributed by atoms with van der Waals surface area (Å²) in [6, 6.07) is 0. The van der Waals surface area contributed by atoms with Crippen molar-refractivity contribution in [3.63, 3.8) is 0 Å². The third kappa shape index (κ3) is 2.83. The maximum atomic E-state index is 5.19. The van der Waals surface area contributed by atoms with Crippen molar-refractivity contribution in [3.8, 4) is 0 Å². The smallest absolute Gasteiger partial charge is 0.0811 e. The molecule has 0 fully saturated rings. The first-order valence-electron chi connectivity index (χ1n) is 3.54. The highest BCUT2D eigenvalue weighted by Crippen LogP contribution is 2.08.